The lowest BCUT2D eigenvalue weighted by molar-refractivity contribution is 0.0548. The predicted molar refractivity (Wildman–Crippen MR) is 75.2 cm³/mol. The van der Waals surface area contributed by atoms with Crippen LogP contribution in [0.25, 0.3) is 0 Å². The molecule has 1 N–H and O–H groups in total. The number of nitrogens with one attached hydrogen (secondary N) is 1. The maximum absolute atomic E-state index is 12.7. The van der Waals surface area contributed by atoms with Crippen molar-refractivity contribution in [2.75, 3.05) is 18.9 Å². The molecule has 2 heterocycles. The summed E-state index contributed by atoms with van der Waals surface area (Å²) in [6, 6.07) is 4.15. The Morgan fingerprint density at radius 2 is 2.21 bits per heavy atom. The van der Waals surface area contributed by atoms with Crippen molar-refractivity contribution in [3.05, 3.63) is 23.9 Å². The van der Waals surface area contributed by atoms with Crippen LogP contribution >= 0.6 is 0 Å². The maximum atomic E-state index is 12.7. The molecule has 4 heteroatoms. The molecule has 2 aliphatic rings. The van der Waals surface area contributed by atoms with E-state index in [9.17, 15) is 4.79 Å². The summed E-state index contributed by atoms with van der Waals surface area (Å²) < 4.78 is 0. The van der Waals surface area contributed by atoms with Gasteiger partial charge in [-0.05, 0) is 43.7 Å². The Kier molecular flexibility index (Phi) is 3.40. The number of aromatic nitrogens is 1. The Balaban J connectivity index is 1.82. The standard InChI is InChI=1S/C15H21N3O/c1-16-14-10-12(7-8-17-14)15(19)18-9-3-5-11-4-2-6-13(11)18/h7-8,10-11,13H,2-6,9H2,1H3,(H,16,17). The van der Waals surface area contributed by atoms with Gasteiger partial charge < -0.3 is 10.2 Å². The summed E-state index contributed by atoms with van der Waals surface area (Å²) in [6.07, 6.45) is 7.91. The zero-order valence-corrected chi connectivity index (χ0v) is 11.4. The van der Waals surface area contributed by atoms with Crippen molar-refractivity contribution in [1.29, 1.82) is 0 Å². The summed E-state index contributed by atoms with van der Waals surface area (Å²) in [4.78, 5) is 19.0. The molecule has 0 spiro atoms. The Morgan fingerprint density at radius 1 is 1.37 bits per heavy atom. The van der Waals surface area contributed by atoms with Crippen molar-refractivity contribution in [2.24, 2.45) is 5.92 Å². The van der Waals surface area contributed by atoms with Crippen LogP contribution in [0.3, 0.4) is 0 Å². The van der Waals surface area contributed by atoms with Crippen LogP contribution in [0.4, 0.5) is 5.82 Å². The fraction of sp³-hybridized carbons (Fsp3) is 0.600. The number of pyridine rings is 1. The third-order valence-corrected chi connectivity index (χ3v) is 4.52. The minimum Gasteiger partial charge on any atom is -0.373 e. The minimum atomic E-state index is 0.176. The molecule has 1 saturated carbocycles. The number of carbonyl (C=O) groups excluding carboxylic acids is 1. The first-order valence-electron chi connectivity index (χ1n) is 7.24. The van der Waals surface area contributed by atoms with E-state index in [0.29, 0.717) is 6.04 Å². The summed E-state index contributed by atoms with van der Waals surface area (Å²) in [5.74, 6) is 1.67. The Morgan fingerprint density at radius 3 is 3.05 bits per heavy atom. The molecule has 0 radical (unpaired) electrons. The molecule has 1 saturated heterocycles. The number of hydrogen-bond acceptors (Lipinski definition) is 3. The molecule has 3 rings (SSSR count). The summed E-state index contributed by atoms with van der Waals surface area (Å²) in [6.45, 7) is 0.914. The normalized spacial score (nSPS) is 26.1. The van der Waals surface area contributed by atoms with Gasteiger partial charge in [-0.1, -0.05) is 6.42 Å². The van der Waals surface area contributed by atoms with Gasteiger partial charge in [0.2, 0.25) is 0 Å². The Bertz CT molecular complexity index is 474. The van der Waals surface area contributed by atoms with E-state index in [1.807, 2.05) is 19.2 Å². The van der Waals surface area contributed by atoms with E-state index in [2.05, 4.69) is 15.2 Å². The average Bonchev–Trinajstić information content (AvgIpc) is 2.95. The molecule has 4 nitrogen and oxygen atoms in total. The molecule has 1 aromatic rings. The van der Waals surface area contributed by atoms with Crippen molar-refractivity contribution < 1.29 is 4.79 Å². The maximum Gasteiger partial charge on any atom is 0.254 e. The van der Waals surface area contributed by atoms with Gasteiger partial charge in [0.15, 0.2) is 0 Å². The molecular weight excluding hydrogens is 238 g/mol. The third-order valence-electron chi connectivity index (χ3n) is 4.52. The molecule has 1 aromatic heterocycles. The Labute approximate surface area is 114 Å². The van der Waals surface area contributed by atoms with Gasteiger partial charge in [-0.15, -0.1) is 0 Å². The Hall–Kier alpha value is -1.58. The lowest BCUT2D eigenvalue weighted by Crippen LogP contribution is -2.46. The lowest BCUT2D eigenvalue weighted by Gasteiger charge is -2.37. The SMILES string of the molecule is CNc1cc(C(=O)N2CCCC3CCCC32)ccn1. The average molecular weight is 259 g/mol. The summed E-state index contributed by atoms with van der Waals surface area (Å²) in [5.41, 5.74) is 0.756. The van der Waals surface area contributed by atoms with Gasteiger partial charge in [0, 0.05) is 31.4 Å². The highest BCUT2D eigenvalue weighted by molar-refractivity contribution is 5.95. The number of hydrogen-bond donors (Lipinski definition) is 1. The van der Waals surface area contributed by atoms with Gasteiger partial charge in [0.25, 0.3) is 5.91 Å². The monoisotopic (exact) mass is 259 g/mol. The summed E-state index contributed by atoms with van der Waals surface area (Å²) in [7, 11) is 1.82. The number of anilines is 1. The molecule has 2 unspecified atom stereocenters. The highest BCUT2D eigenvalue weighted by Gasteiger charge is 2.37. The second kappa shape index (κ2) is 5.19. The van der Waals surface area contributed by atoms with E-state index in [1.165, 1.54) is 25.7 Å². The second-order valence-electron chi connectivity index (χ2n) is 5.58. The number of carbonyl (C=O) groups is 1. The van der Waals surface area contributed by atoms with Gasteiger partial charge in [0.05, 0.1) is 0 Å². The topological polar surface area (TPSA) is 45.2 Å². The number of likely N-dealkylation sites (tertiary alicyclic amines) is 1. The second-order valence-corrected chi connectivity index (χ2v) is 5.58. The molecule has 2 atom stereocenters. The van der Waals surface area contributed by atoms with Crippen molar-refractivity contribution in [3.8, 4) is 0 Å². The number of rotatable bonds is 2. The van der Waals surface area contributed by atoms with Crippen LogP contribution in [0, 0.1) is 5.92 Å². The quantitative estimate of drug-likeness (QED) is 0.887. The van der Waals surface area contributed by atoms with Crippen LogP contribution in [0.2, 0.25) is 0 Å². The van der Waals surface area contributed by atoms with Crippen LogP contribution in [-0.4, -0.2) is 35.4 Å². The zero-order chi connectivity index (χ0) is 13.2. The molecule has 1 aliphatic carbocycles. The van der Waals surface area contributed by atoms with Crippen LogP contribution in [0.15, 0.2) is 18.3 Å². The van der Waals surface area contributed by atoms with E-state index in [-0.39, 0.29) is 5.91 Å². The van der Waals surface area contributed by atoms with Gasteiger partial charge >= 0.3 is 0 Å². The van der Waals surface area contributed by atoms with E-state index in [1.54, 1.807) is 6.20 Å². The van der Waals surface area contributed by atoms with Crippen molar-refractivity contribution >= 4 is 11.7 Å². The third kappa shape index (κ3) is 2.31. The van der Waals surface area contributed by atoms with Crippen LogP contribution in [-0.2, 0) is 0 Å². The van der Waals surface area contributed by atoms with Gasteiger partial charge in [-0.2, -0.15) is 0 Å². The van der Waals surface area contributed by atoms with Crippen molar-refractivity contribution in [3.63, 3.8) is 0 Å². The number of amides is 1. The summed E-state index contributed by atoms with van der Waals surface area (Å²) in [5, 5.41) is 2.99. The van der Waals surface area contributed by atoms with E-state index in [0.717, 1.165) is 30.3 Å². The fourth-order valence-corrected chi connectivity index (χ4v) is 3.57. The van der Waals surface area contributed by atoms with Crippen LogP contribution in [0.5, 0.6) is 0 Å². The van der Waals surface area contributed by atoms with Crippen molar-refractivity contribution in [1.82, 2.24) is 9.88 Å². The highest BCUT2D eigenvalue weighted by Crippen LogP contribution is 2.37. The molecule has 0 aromatic carbocycles. The van der Waals surface area contributed by atoms with Crippen LogP contribution < -0.4 is 5.32 Å². The molecule has 1 amide bonds. The fourth-order valence-electron chi connectivity index (χ4n) is 3.57. The largest absolute Gasteiger partial charge is 0.373 e. The highest BCUT2D eigenvalue weighted by atomic mass is 16.2. The smallest absolute Gasteiger partial charge is 0.254 e. The molecular formula is C15H21N3O. The summed E-state index contributed by atoms with van der Waals surface area (Å²) >= 11 is 0. The number of nitrogens with zero attached hydrogens (tertiary/aromatic N) is 2. The number of piperidine rings is 1. The van der Waals surface area contributed by atoms with Gasteiger partial charge in [0.1, 0.15) is 5.82 Å². The lowest BCUT2D eigenvalue weighted by atomic mass is 9.91. The van der Waals surface area contributed by atoms with E-state index in [4.69, 9.17) is 0 Å². The molecule has 1 aliphatic heterocycles. The predicted octanol–water partition coefficient (Wildman–Crippen LogP) is 2.53. The van der Waals surface area contributed by atoms with Gasteiger partial charge in [-0.3, -0.25) is 4.79 Å². The van der Waals surface area contributed by atoms with Gasteiger partial charge in [-0.25, -0.2) is 4.98 Å². The minimum absolute atomic E-state index is 0.176. The first-order valence-corrected chi connectivity index (χ1v) is 7.24. The zero-order valence-electron chi connectivity index (χ0n) is 11.4. The van der Waals surface area contributed by atoms with Crippen LogP contribution in [0.1, 0.15) is 42.5 Å². The number of fused-ring (bicyclic) bond motifs is 1. The molecule has 0 bridgehead atoms. The van der Waals surface area contributed by atoms with E-state index >= 15 is 0 Å². The molecule has 2 fully saturated rings. The molecule has 102 valence electrons. The van der Waals surface area contributed by atoms with E-state index < -0.39 is 0 Å². The molecule has 19 heavy (non-hydrogen) atoms. The first-order chi connectivity index (χ1) is 9.29. The first kappa shape index (κ1) is 12.5. The van der Waals surface area contributed by atoms with Crippen molar-refractivity contribution in [2.45, 2.75) is 38.1 Å².